The van der Waals surface area contributed by atoms with Crippen molar-refractivity contribution in [2.45, 2.75) is 13.8 Å². The number of hydrogen-bond donors (Lipinski definition) is 2. The van der Waals surface area contributed by atoms with E-state index in [1.54, 1.807) is 43.0 Å². The van der Waals surface area contributed by atoms with Gasteiger partial charge in [-0.3, -0.25) is 20.1 Å². The summed E-state index contributed by atoms with van der Waals surface area (Å²) in [5.74, 6) is -0.312. The zero-order valence-electron chi connectivity index (χ0n) is 18.2. The van der Waals surface area contributed by atoms with Gasteiger partial charge in [-0.05, 0) is 55.3 Å². The third kappa shape index (κ3) is 3.74. The minimum Gasteiger partial charge on any atom is -0.354 e. The molecule has 0 radical (unpaired) electrons. The van der Waals surface area contributed by atoms with Crippen LogP contribution in [0.15, 0.2) is 73.8 Å². The van der Waals surface area contributed by atoms with E-state index in [0.29, 0.717) is 22.6 Å². The molecule has 0 atom stereocenters. The van der Waals surface area contributed by atoms with Gasteiger partial charge in [-0.25, -0.2) is 4.39 Å². The van der Waals surface area contributed by atoms with Crippen LogP contribution in [0.2, 0.25) is 0 Å². The van der Waals surface area contributed by atoms with E-state index in [2.05, 4.69) is 37.0 Å². The number of aryl methyl sites for hydroxylation is 1. The van der Waals surface area contributed by atoms with E-state index in [-0.39, 0.29) is 5.82 Å². The largest absolute Gasteiger partial charge is 0.354 e. The Kier molecular flexibility index (Phi) is 5.14. The molecule has 1 aromatic carbocycles. The number of rotatable bonds is 5. The molecule has 5 rings (SSSR count). The summed E-state index contributed by atoms with van der Waals surface area (Å²) in [6.07, 6.45) is 6.98. The minimum atomic E-state index is -0.312. The first-order valence-corrected chi connectivity index (χ1v) is 10.4. The molecule has 0 aliphatic rings. The van der Waals surface area contributed by atoms with E-state index in [1.807, 2.05) is 32.0 Å². The van der Waals surface area contributed by atoms with Crippen molar-refractivity contribution < 1.29 is 4.39 Å². The molecule has 0 bridgehead atoms. The van der Waals surface area contributed by atoms with Crippen LogP contribution in [0.3, 0.4) is 0 Å². The van der Waals surface area contributed by atoms with Crippen molar-refractivity contribution in [1.82, 2.24) is 25.1 Å². The van der Waals surface area contributed by atoms with E-state index < -0.39 is 0 Å². The van der Waals surface area contributed by atoms with Crippen LogP contribution in [0, 0.1) is 19.7 Å². The first-order valence-electron chi connectivity index (χ1n) is 10.4. The summed E-state index contributed by atoms with van der Waals surface area (Å²) in [5.41, 5.74) is 7.58. The molecule has 0 aliphatic carbocycles. The molecule has 6 nitrogen and oxygen atoms in total. The molecule has 0 aliphatic heterocycles. The Hall–Kier alpha value is -4.39. The highest BCUT2D eigenvalue weighted by atomic mass is 19.1. The summed E-state index contributed by atoms with van der Waals surface area (Å²) in [7, 11) is 0. The Balaban J connectivity index is 1.50. The number of halogens is 1. The molecule has 0 amide bonds. The maximum absolute atomic E-state index is 14.4. The topological polar surface area (TPSA) is 79.4 Å². The predicted octanol–water partition coefficient (Wildman–Crippen LogP) is 5.92. The first-order chi connectivity index (χ1) is 16.0. The van der Waals surface area contributed by atoms with Crippen molar-refractivity contribution in [3.8, 4) is 22.5 Å². The number of hydrogen-bond acceptors (Lipinski definition) is 5. The number of anilines is 1. The molecule has 4 heterocycles. The van der Waals surface area contributed by atoms with Gasteiger partial charge in [0.05, 0.1) is 28.8 Å². The fraction of sp³-hybridized carbons (Fsp3) is 0.0769. The molecular formula is C26H21FN6. The molecule has 0 saturated carbocycles. The third-order valence-electron chi connectivity index (χ3n) is 5.67. The summed E-state index contributed by atoms with van der Waals surface area (Å²) in [6.45, 7) is 8.13. The second-order valence-corrected chi connectivity index (χ2v) is 7.79. The van der Waals surface area contributed by atoms with Crippen LogP contribution >= 0.6 is 0 Å². The molecule has 0 fully saturated rings. The Morgan fingerprint density at radius 2 is 1.85 bits per heavy atom. The Bertz CT molecular complexity index is 1500. The zero-order chi connectivity index (χ0) is 22.9. The van der Waals surface area contributed by atoms with Crippen molar-refractivity contribution in [2.75, 3.05) is 5.32 Å². The molecule has 33 heavy (non-hydrogen) atoms. The predicted molar refractivity (Wildman–Crippen MR) is 129 cm³/mol. The SMILES string of the molecule is C=C(Nc1ccnc(-c2ccccc2F)c1C)c1n[nH]c2cnc(-c3cnccc3C)cc12. The Morgan fingerprint density at radius 3 is 2.67 bits per heavy atom. The van der Waals surface area contributed by atoms with Crippen molar-refractivity contribution in [1.29, 1.82) is 0 Å². The average Bonchev–Trinajstić information content (AvgIpc) is 3.25. The summed E-state index contributed by atoms with van der Waals surface area (Å²) in [4.78, 5) is 13.2. The highest BCUT2D eigenvalue weighted by molar-refractivity contribution is 5.94. The maximum atomic E-state index is 14.4. The number of H-pyrrole nitrogens is 1. The van der Waals surface area contributed by atoms with Gasteiger partial charge < -0.3 is 5.32 Å². The van der Waals surface area contributed by atoms with Gasteiger partial charge in [0.25, 0.3) is 0 Å². The van der Waals surface area contributed by atoms with Crippen LogP contribution < -0.4 is 5.32 Å². The lowest BCUT2D eigenvalue weighted by molar-refractivity contribution is 0.630. The third-order valence-corrected chi connectivity index (χ3v) is 5.67. The van der Waals surface area contributed by atoms with E-state index in [9.17, 15) is 4.39 Å². The molecule has 4 aromatic heterocycles. The molecule has 7 heteroatoms. The lowest BCUT2D eigenvalue weighted by atomic mass is 10.0. The van der Waals surface area contributed by atoms with Crippen LogP contribution in [-0.2, 0) is 0 Å². The number of benzene rings is 1. The Labute approximate surface area is 190 Å². The standard InChI is InChI=1S/C26H21FN6/c1-15-8-10-28-13-20(15)23-12-19-24(14-30-23)32-33-26(19)17(3)31-22-9-11-29-25(16(22)2)18-6-4-5-7-21(18)27/h4-14H,3H2,1-2H3,(H,29,31)(H,32,33). The lowest BCUT2D eigenvalue weighted by Crippen LogP contribution is -2.02. The monoisotopic (exact) mass is 436 g/mol. The fourth-order valence-corrected chi connectivity index (χ4v) is 3.84. The normalized spacial score (nSPS) is 11.0. The van der Waals surface area contributed by atoms with E-state index in [4.69, 9.17) is 0 Å². The van der Waals surface area contributed by atoms with E-state index in [0.717, 1.165) is 39.0 Å². The molecule has 0 saturated heterocycles. The van der Waals surface area contributed by atoms with Crippen LogP contribution in [0.25, 0.3) is 39.1 Å². The van der Waals surface area contributed by atoms with Crippen LogP contribution in [0.4, 0.5) is 10.1 Å². The van der Waals surface area contributed by atoms with Gasteiger partial charge in [-0.1, -0.05) is 18.7 Å². The van der Waals surface area contributed by atoms with Crippen molar-refractivity contribution in [2.24, 2.45) is 0 Å². The average molecular weight is 436 g/mol. The fourth-order valence-electron chi connectivity index (χ4n) is 3.84. The summed E-state index contributed by atoms with van der Waals surface area (Å²) in [6, 6.07) is 12.4. The number of aromatic nitrogens is 5. The number of nitrogens with zero attached hydrogens (tertiary/aromatic N) is 4. The Morgan fingerprint density at radius 1 is 1.00 bits per heavy atom. The van der Waals surface area contributed by atoms with E-state index >= 15 is 0 Å². The smallest absolute Gasteiger partial charge is 0.132 e. The van der Waals surface area contributed by atoms with Gasteiger partial charge in [-0.15, -0.1) is 0 Å². The van der Waals surface area contributed by atoms with Crippen molar-refractivity contribution in [3.63, 3.8) is 0 Å². The van der Waals surface area contributed by atoms with Gasteiger partial charge in [0.15, 0.2) is 0 Å². The summed E-state index contributed by atoms with van der Waals surface area (Å²) < 4.78 is 14.4. The number of pyridine rings is 3. The molecule has 0 unspecified atom stereocenters. The molecule has 5 aromatic rings. The van der Waals surface area contributed by atoms with Crippen LogP contribution in [0.5, 0.6) is 0 Å². The minimum absolute atomic E-state index is 0.312. The number of nitrogens with one attached hydrogen (secondary N) is 2. The summed E-state index contributed by atoms with van der Waals surface area (Å²) in [5, 5.41) is 11.7. The summed E-state index contributed by atoms with van der Waals surface area (Å²) >= 11 is 0. The maximum Gasteiger partial charge on any atom is 0.132 e. The second kappa shape index (κ2) is 8.27. The number of aromatic amines is 1. The quantitative estimate of drug-likeness (QED) is 0.357. The van der Waals surface area contributed by atoms with Crippen molar-refractivity contribution >= 4 is 22.3 Å². The molecular weight excluding hydrogens is 415 g/mol. The van der Waals surface area contributed by atoms with Gasteiger partial charge in [0.2, 0.25) is 0 Å². The highest BCUT2D eigenvalue weighted by Gasteiger charge is 2.15. The second-order valence-electron chi connectivity index (χ2n) is 7.79. The highest BCUT2D eigenvalue weighted by Crippen LogP contribution is 2.31. The van der Waals surface area contributed by atoms with E-state index in [1.165, 1.54) is 6.07 Å². The van der Waals surface area contributed by atoms with Crippen molar-refractivity contribution in [3.05, 3.63) is 96.5 Å². The molecule has 0 spiro atoms. The van der Waals surface area contributed by atoms with Gasteiger partial charge >= 0.3 is 0 Å². The van der Waals surface area contributed by atoms with Crippen LogP contribution in [-0.4, -0.2) is 25.1 Å². The zero-order valence-corrected chi connectivity index (χ0v) is 18.2. The lowest BCUT2D eigenvalue weighted by Gasteiger charge is -2.14. The van der Waals surface area contributed by atoms with Crippen LogP contribution in [0.1, 0.15) is 16.8 Å². The van der Waals surface area contributed by atoms with Gasteiger partial charge in [0, 0.05) is 40.8 Å². The van der Waals surface area contributed by atoms with Gasteiger partial charge in [-0.2, -0.15) is 5.10 Å². The molecule has 162 valence electrons. The van der Waals surface area contributed by atoms with Gasteiger partial charge in [0.1, 0.15) is 11.5 Å². The molecule has 2 N–H and O–H groups in total. The first kappa shape index (κ1) is 20.5. The number of fused-ring (bicyclic) bond motifs is 1.